The maximum absolute atomic E-state index is 12.6. The van der Waals surface area contributed by atoms with Gasteiger partial charge in [-0.3, -0.25) is 9.59 Å². The van der Waals surface area contributed by atoms with Crippen molar-refractivity contribution < 1.29 is 32.3 Å². The Bertz CT molecular complexity index is 676. The Morgan fingerprint density at radius 2 is 1.96 bits per heavy atom. The van der Waals surface area contributed by atoms with E-state index < -0.39 is 30.0 Å². The lowest BCUT2D eigenvalue weighted by Gasteiger charge is -2.25. The zero-order chi connectivity index (χ0) is 18.6. The van der Waals surface area contributed by atoms with Crippen LogP contribution in [-0.2, 0) is 14.3 Å². The number of hydrogen-bond donors (Lipinski definition) is 1. The summed E-state index contributed by atoms with van der Waals surface area (Å²) in [6.45, 7) is 1.62. The highest BCUT2D eigenvalue weighted by atomic mass is 19.4. The number of nitrogens with one attached hydrogen (secondary N) is 1. The zero-order valence-electron chi connectivity index (χ0n) is 13.4. The molecule has 1 aromatic rings. The van der Waals surface area contributed by atoms with Gasteiger partial charge in [0.2, 0.25) is 5.91 Å². The Kier molecular flexibility index (Phi) is 5.66. The summed E-state index contributed by atoms with van der Waals surface area (Å²) in [6, 6.07) is 4.77. The molecule has 0 radical (unpaired) electrons. The quantitative estimate of drug-likeness (QED) is 0.839. The van der Waals surface area contributed by atoms with Gasteiger partial charge in [-0.15, -0.1) is 0 Å². The Morgan fingerprint density at radius 1 is 1.28 bits per heavy atom. The van der Waals surface area contributed by atoms with Gasteiger partial charge in [0.05, 0.1) is 17.9 Å². The lowest BCUT2D eigenvalue weighted by molar-refractivity contribution is -0.186. The largest absolute Gasteiger partial charge is 0.471 e. The van der Waals surface area contributed by atoms with Crippen molar-refractivity contribution in [3.63, 3.8) is 0 Å². The summed E-state index contributed by atoms with van der Waals surface area (Å²) < 4.78 is 42.8. The second-order valence-corrected chi connectivity index (χ2v) is 5.41. The molecule has 0 aromatic heterocycles. The molecule has 1 N–H and O–H groups in total. The van der Waals surface area contributed by atoms with Crippen LogP contribution in [0.3, 0.4) is 0 Å². The van der Waals surface area contributed by atoms with E-state index >= 15 is 0 Å². The first-order valence-corrected chi connectivity index (χ1v) is 7.70. The number of carbonyl (C=O) groups excluding carboxylic acids is 3. The molecular weight excluding hydrogens is 341 g/mol. The molecule has 9 heteroatoms. The van der Waals surface area contributed by atoms with E-state index in [-0.39, 0.29) is 30.8 Å². The number of rotatable bonds is 4. The first-order valence-electron chi connectivity index (χ1n) is 7.70. The zero-order valence-corrected chi connectivity index (χ0v) is 13.4. The summed E-state index contributed by atoms with van der Waals surface area (Å²) in [6.07, 6.45) is -4.62. The molecule has 1 heterocycles. The predicted molar refractivity (Wildman–Crippen MR) is 81.8 cm³/mol. The minimum Gasteiger partial charge on any atom is -0.462 e. The van der Waals surface area contributed by atoms with Crippen LogP contribution in [0.1, 0.15) is 30.1 Å². The Labute approximate surface area is 141 Å². The van der Waals surface area contributed by atoms with Crippen LogP contribution in [0.5, 0.6) is 0 Å². The molecule has 0 bridgehead atoms. The predicted octanol–water partition coefficient (Wildman–Crippen LogP) is 2.36. The number of hydrogen-bond acceptors (Lipinski definition) is 4. The van der Waals surface area contributed by atoms with Crippen molar-refractivity contribution in [3.05, 3.63) is 29.8 Å². The molecule has 1 aliphatic heterocycles. The van der Waals surface area contributed by atoms with Crippen LogP contribution < -0.4 is 5.32 Å². The third kappa shape index (κ3) is 4.28. The van der Waals surface area contributed by atoms with Gasteiger partial charge in [0.15, 0.2) is 0 Å². The van der Waals surface area contributed by atoms with Crippen molar-refractivity contribution in [1.82, 2.24) is 4.90 Å². The van der Waals surface area contributed by atoms with Gasteiger partial charge < -0.3 is 15.0 Å². The molecule has 0 saturated carbocycles. The molecule has 136 valence electrons. The van der Waals surface area contributed by atoms with E-state index in [1.165, 1.54) is 12.1 Å². The number of carbonyl (C=O) groups is 3. The average Bonchev–Trinajstić information content (AvgIpc) is 3.03. The summed E-state index contributed by atoms with van der Waals surface area (Å²) >= 11 is 0. The molecule has 1 aliphatic rings. The molecule has 2 amide bonds. The summed E-state index contributed by atoms with van der Waals surface area (Å²) in [5.74, 6) is -3.47. The van der Waals surface area contributed by atoms with E-state index in [2.05, 4.69) is 5.32 Å². The van der Waals surface area contributed by atoms with Crippen molar-refractivity contribution >= 4 is 23.5 Å². The van der Waals surface area contributed by atoms with Gasteiger partial charge >= 0.3 is 18.1 Å². The fraction of sp³-hybridized carbons (Fsp3) is 0.438. The molecule has 1 atom stereocenters. The fourth-order valence-electron chi connectivity index (χ4n) is 2.64. The molecule has 1 fully saturated rings. The van der Waals surface area contributed by atoms with Gasteiger partial charge in [-0.25, -0.2) is 4.79 Å². The number of alkyl halides is 3. The smallest absolute Gasteiger partial charge is 0.462 e. The van der Waals surface area contributed by atoms with Crippen LogP contribution in [0.2, 0.25) is 0 Å². The van der Waals surface area contributed by atoms with E-state index in [4.69, 9.17) is 4.74 Å². The Morgan fingerprint density at radius 3 is 2.60 bits per heavy atom. The van der Waals surface area contributed by atoms with Crippen molar-refractivity contribution in [2.75, 3.05) is 18.5 Å². The van der Waals surface area contributed by atoms with Crippen LogP contribution in [0.4, 0.5) is 18.9 Å². The lowest BCUT2D eigenvalue weighted by Crippen LogP contribution is -2.48. The monoisotopic (exact) mass is 358 g/mol. The average molecular weight is 358 g/mol. The Balaban J connectivity index is 2.17. The van der Waals surface area contributed by atoms with Crippen LogP contribution in [-0.4, -0.2) is 48.1 Å². The minimum absolute atomic E-state index is 0.0874. The van der Waals surface area contributed by atoms with Crippen LogP contribution in [0.25, 0.3) is 0 Å². The van der Waals surface area contributed by atoms with Gasteiger partial charge in [0.1, 0.15) is 6.04 Å². The maximum Gasteiger partial charge on any atom is 0.471 e. The summed E-state index contributed by atoms with van der Waals surface area (Å²) in [4.78, 5) is 36.2. The molecule has 2 rings (SSSR count). The Hall–Kier alpha value is -2.58. The summed E-state index contributed by atoms with van der Waals surface area (Å²) in [5, 5.41) is 2.43. The number of esters is 1. The maximum atomic E-state index is 12.6. The van der Waals surface area contributed by atoms with E-state index in [0.29, 0.717) is 11.3 Å². The third-order valence-corrected chi connectivity index (χ3v) is 3.74. The number of anilines is 1. The molecule has 1 aromatic carbocycles. The molecule has 0 aliphatic carbocycles. The number of benzene rings is 1. The van der Waals surface area contributed by atoms with Crippen molar-refractivity contribution in [2.45, 2.75) is 32.0 Å². The van der Waals surface area contributed by atoms with Crippen LogP contribution in [0, 0.1) is 0 Å². The fourth-order valence-corrected chi connectivity index (χ4v) is 2.64. The number of para-hydroxylation sites is 1. The molecular formula is C16H17F3N2O4. The highest BCUT2D eigenvalue weighted by Gasteiger charge is 2.47. The van der Waals surface area contributed by atoms with Gasteiger partial charge in [0.25, 0.3) is 0 Å². The second-order valence-electron chi connectivity index (χ2n) is 5.41. The van der Waals surface area contributed by atoms with Crippen molar-refractivity contribution in [2.24, 2.45) is 0 Å². The number of ether oxygens (including phenoxy) is 1. The van der Waals surface area contributed by atoms with Crippen molar-refractivity contribution in [1.29, 1.82) is 0 Å². The molecule has 1 saturated heterocycles. The number of nitrogens with zero attached hydrogens (tertiary/aromatic N) is 1. The van der Waals surface area contributed by atoms with Crippen LogP contribution in [0.15, 0.2) is 24.3 Å². The van der Waals surface area contributed by atoms with Gasteiger partial charge in [0, 0.05) is 6.54 Å². The van der Waals surface area contributed by atoms with Gasteiger partial charge in [-0.2, -0.15) is 13.2 Å². The third-order valence-electron chi connectivity index (χ3n) is 3.74. The summed E-state index contributed by atoms with van der Waals surface area (Å²) in [5.41, 5.74) is 0.210. The molecule has 6 nitrogen and oxygen atoms in total. The van der Waals surface area contributed by atoms with Crippen molar-refractivity contribution in [3.8, 4) is 0 Å². The summed E-state index contributed by atoms with van der Waals surface area (Å²) in [7, 11) is 0. The highest BCUT2D eigenvalue weighted by molar-refractivity contribution is 6.04. The van der Waals surface area contributed by atoms with E-state index in [9.17, 15) is 27.6 Å². The van der Waals surface area contributed by atoms with Gasteiger partial charge in [-0.1, -0.05) is 12.1 Å². The van der Waals surface area contributed by atoms with E-state index in [0.717, 1.165) is 0 Å². The number of likely N-dealkylation sites (tertiary alicyclic amines) is 1. The lowest BCUT2D eigenvalue weighted by atomic mass is 10.1. The van der Waals surface area contributed by atoms with E-state index in [1.54, 1.807) is 19.1 Å². The van der Waals surface area contributed by atoms with E-state index in [1.807, 2.05) is 0 Å². The molecule has 1 unspecified atom stereocenters. The first kappa shape index (κ1) is 18.8. The minimum atomic E-state index is -5.04. The normalized spacial score (nSPS) is 17.3. The molecule has 0 spiro atoms. The highest BCUT2D eigenvalue weighted by Crippen LogP contribution is 2.27. The topological polar surface area (TPSA) is 75.7 Å². The second kappa shape index (κ2) is 7.54. The van der Waals surface area contributed by atoms with Gasteiger partial charge in [-0.05, 0) is 31.9 Å². The number of halogens is 3. The molecule has 25 heavy (non-hydrogen) atoms. The van der Waals surface area contributed by atoms with Crippen LogP contribution >= 0.6 is 0 Å². The number of amides is 2. The first-order chi connectivity index (χ1) is 11.8. The SMILES string of the molecule is CCOC(=O)c1ccccc1NC(=O)C1CCCN1C(=O)C(F)(F)F. The standard InChI is InChI=1S/C16H17F3N2O4/c1-2-25-14(23)10-6-3-4-7-11(10)20-13(22)12-8-5-9-21(12)15(24)16(17,18)19/h3-4,6-7,12H,2,5,8-9H2,1H3,(H,20,22).